The fraction of sp³-hybridized carbons (Fsp3) is 0.385. The number of hydrogen-bond acceptors (Lipinski definition) is 3. The highest BCUT2D eigenvalue weighted by Crippen LogP contribution is 2.25. The van der Waals surface area contributed by atoms with Crippen LogP contribution in [0.5, 0.6) is 5.75 Å². The Labute approximate surface area is 106 Å². The van der Waals surface area contributed by atoms with Crippen LogP contribution in [-0.4, -0.2) is 36.5 Å². The molecular weight excluding hydrogens is 232 g/mol. The van der Waals surface area contributed by atoms with Crippen LogP contribution in [0.4, 0.5) is 10.5 Å². The number of hydrogen-bond donors (Lipinski definition) is 0. The first-order chi connectivity index (χ1) is 8.54. The van der Waals surface area contributed by atoms with E-state index >= 15 is 0 Å². The molecule has 1 aromatic carbocycles. The summed E-state index contributed by atoms with van der Waals surface area (Å²) in [5.41, 5.74) is 0.549. The van der Waals surface area contributed by atoms with Crippen molar-refractivity contribution in [1.82, 2.24) is 4.90 Å². The van der Waals surface area contributed by atoms with Gasteiger partial charge in [0, 0.05) is 12.1 Å². The number of methoxy groups -OCH3 is 1. The Morgan fingerprint density at radius 2 is 2.00 bits per heavy atom. The molecule has 3 amide bonds. The van der Waals surface area contributed by atoms with E-state index in [0.717, 1.165) is 0 Å². The maximum Gasteiger partial charge on any atom is 0.332 e. The van der Waals surface area contributed by atoms with Crippen molar-refractivity contribution >= 4 is 17.6 Å². The fourth-order valence-corrected chi connectivity index (χ4v) is 1.93. The summed E-state index contributed by atoms with van der Waals surface area (Å²) in [6.45, 7) is 3.91. The SMILES string of the molecule is COc1cccc(N2C(=O)CN(C(C)C)C2=O)c1. The molecule has 0 aliphatic carbocycles. The minimum Gasteiger partial charge on any atom is -0.497 e. The van der Waals surface area contributed by atoms with Crippen LogP contribution in [0.3, 0.4) is 0 Å². The monoisotopic (exact) mass is 248 g/mol. The number of imide groups is 1. The van der Waals surface area contributed by atoms with Crippen molar-refractivity contribution in [3.63, 3.8) is 0 Å². The quantitative estimate of drug-likeness (QED) is 0.767. The third-order valence-corrected chi connectivity index (χ3v) is 2.93. The van der Waals surface area contributed by atoms with E-state index in [4.69, 9.17) is 4.74 Å². The molecule has 18 heavy (non-hydrogen) atoms. The molecule has 1 heterocycles. The first kappa shape index (κ1) is 12.4. The highest BCUT2D eigenvalue weighted by Gasteiger charge is 2.38. The summed E-state index contributed by atoms with van der Waals surface area (Å²) in [5.74, 6) is 0.415. The van der Waals surface area contributed by atoms with Crippen LogP contribution in [0.1, 0.15) is 13.8 Å². The van der Waals surface area contributed by atoms with Gasteiger partial charge in [0.15, 0.2) is 0 Å². The number of amides is 3. The molecule has 1 aliphatic heterocycles. The molecule has 0 atom stereocenters. The van der Waals surface area contributed by atoms with E-state index in [1.54, 1.807) is 36.3 Å². The van der Waals surface area contributed by atoms with Gasteiger partial charge >= 0.3 is 6.03 Å². The van der Waals surface area contributed by atoms with Crippen LogP contribution >= 0.6 is 0 Å². The molecule has 5 nitrogen and oxygen atoms in total. The number of urea groups is 1. The molecule has 1 aromatic rings. The van der Waals surface area contributed by atoms with Gasteiger partial charge < -0.3 is 9.64 Å². The summed E-state index contributed by atoms with van der Waals surface area (Å²) in [4.78, 5) is 26.8. The van der Waals surface area contributed by atoms with Gasteiger partial charge in [-0.15, -0.1) is 0 Å². The van der Waals surface area contributed by atoms with Crippen LogP contribution < -0.4 is 9.64 Å². The lowest BCUT2D eigenvalue weighted by atomic mass is 10.3. The Kier molecular flexibility index (Phi) is 3.23. The van der Waals surface area contributed by atoms with Crippen molar-refractivity contribution in [3.05, 3.63) is 24.3 Å². The van der Waals surface area contributed by atoms with Gasteiger partial charge in [-0.3, -0.25) is 4.79 Å². The van der Waals surface area contributed by atoms with Crippen molar-refractivity contribution in [1.29, 1.82) is 0 Å². The smallest absolute Gasteiger partial charge is 0.332 e. The molecule has 0 spiro atoms. The van der Waals surface area contributed by atoms with Crippen LogP contribution in [0.2, 0.25) is 0 Å². The highest BCUT2D eigenvalue weighted by molar-refractivity contribution is 6.19. The van der Waals surface area contributed by atoms with Crippen molar-refractivity contribution in [3.8, 4) is 5.75 Å². The summed E-state index contributed by atoms with van der Waals surface area (Å²) < 4.78 is 5.10. The Bertz CT molecular complexity index is 485. The number of benzene rings is 1. The molecule has 1 fully saturated rings. The number of ether oxygens (including phenoxy) is 1. The van der Waals surface area contributed by atoms with Gasteiger partial charge in [-0.25, -0.2) is 9.69 Å². The molecule has 5 heteroatoms. The van der Waals surface area contributed by atoms with E-state index < -0.39 is 0 Å². The van der Waals surface area contributed by atoms with Crippen molar-refractivity contribution < 1.29 is 14.3 Å². The molecular formula is C13H16N2O3. The highest BCUT2D eigenvalue weighted by atomic mass is 16.5. The van der Waals surface area contributed by atoms with Crippen LogP contribution in [0.15, 0.2) is 24.3 Å². The summed E-state index contributed by atoms with van der Waals surface area (Å²) in [5, 5.41) is 0. The van der Waals surface area contributed by atoms with Crippen molar-refractivity contribution in [2.75, 3.05) is 18.6 Å². The molecule has 0 N–H and O–H groups in total. The standard InChI is InChI=1S/C13H16N2O3/c1-9(2)14-8-12(16)15(13(14)17)10-5-4-6-11(7-10)18-3/h4-7,9H,8H2,1-3H3. The van der Waals surface area contributed by atoms with E-state index in [2.05, 4.69) is 0 Å². The maximum atomic E-state index is 12.1. The summed E-state index contributed by atoms with van der Waals surface area (Å²) in [6.07, 6.45) is 0. The van der Waals surface area contributed by atoms with Gasteiger partial charge in [-0.05, 0) is 26.0 Å². The summed E-state index contributed by atoms with van der Waals surface area (Å²) >= 11 is 0. The Morgan fingerprint density at radius 3 is 2.56 bits per heavy atom. The second-order valence-corrected chi connectivity index (χ2v) is 4.43. The normalized spacial score (nSPS) is 15.8. The molecule has 1 saturated heterocycles. The Hall–Kier alpha value is -2.04. The average Bonchev–Trinajstić information content (AvgIpc) is 2.65. The molecule has 0 unspecified atom stereocenters. The van der Waals surface area contributed by atoms with Gasteiger partial charge in [0.1, 0.15) is 12.3 Å². The van der Waals surface area contributed by atoms with Crippen LogP contribution in [0.25, 0.3) is 0 Å². The zero-order chi connectivity index (χ0) is 13.3. The minimum atomic E-state index is -0.275. The number of nitrogens with zero attached hydrogens (tertiary/aromatic N) is 2. The lowest BCUT2D eigenvalue weighted by Crippen LogP contribution is -2.36. The minimum absolute atomic E-state index is 0.0112. The molecule has 0 aromatic heterocycles. The maximum absolute atomic E-state index is 12.1. The molecule has 1 aliphatic rings. The molecule has 96 valence electrons. The third kappa shape index (κ3) is 2.03. The lowest BCUT2D eigenvalue weighted by Gasteiger charge is -2.20. The fourth-order valence-electron chi connectivity index (χ4n) is 1.93. The van der Waals surface area contributed by atoms with Gasteiger partial charge in [0.05, 0.1) is 12.8 Å². The first-order valence-corrected chi connectivity index (χ1v) is 5.82. The number of carbonyl (C=O) groups excluding carboxylic acids is 2. The molecule has 0 saturated carbocycles. The second-order valence-electron chi connectivity index (χ2n) is 4.43. The van der Waals surface area contributed by atoms with Gasteiger partial charge in [0.2, 0.25) is 0 Å². The van der Waals surface area contributed by atoms with Crippen molar-refractivity contribution in [2.45, 2.75) is 19.9 Å². The molecule has 2 rings (SSSR count). The first-order valence-electron chi connectivity index (χ1n) is 5.82. The average molecular weight is 248 g/mol. The van der Waals surface area contributed by atoms with E-state index in [1.165, 1.54) is 4.90 Å². The van der Waals surface area contributed by atoms with E-state index in [9.17, 15) is 9.59 Å². The zero-order valence-corrected chi connectivity index (χ0v) is 10.7. The number of carbonyl (C=O) groups is 2. The summed E-state index contributed by atoms with van der Waals surface area (Å²) in [7, 11) is 1.55. The summed E-state index contributed by atoms with van der Waals surface area (Å²) in [6, 6.07) is 6.67. The Morgan fingerprint density at radius 1 is 1.28 bits per heavy atom. The topological polar surface area (TPSA) is 49.9 Å². The molecule has 0 radical (unpaired) electrons. The molecule has 0 bridgehead atoms. The van der Waals surface area contributed by atoms with Crippen LogP contribution in [-0.2, 0) is 4.79 Å². The predicted octanol–water partition coefficient (Wildman–Crippen LogP) is 1.87. The van der Waals surface area contributed by atoms with E-state index in [0.29, 0.717) is 11.4 Å². The number of anilines is 1. The largest absolute Gasteiger partial charge is 0.497 e. The van der Waals surface area contributed by atoms with Gasteiger partial charge in [-0.1, -0.05) is 6.07 Å². The lowest BCUT2D eigenvalue weighted by molar-refractivity contribution is -0.116. The van der Waals surface area contributed by atoms with E-state index in [-0.39, 0.29) is 24.5 Å². The number of rotatable bonds is 3. The predicted molar refractivity (Wildman–Crippen MR) is 67.7 cm³/mol. The van der Waals surface area contributed by atoms with E-state index in [1.807, 2.05) is 13.8 Å². The zero-order valence-electron chi connectivity index (χ0n) is 10.7. The van der Waals surface area contributed by atoms with Crippen molar-refractivity contribution in [2.24, 2.45) is 0 Å². The third-order valence-electron chi connectivity index (χ3n) is 2.93. The second kappa shape index (κ2) is 4.68. The van der Waals surface area contributed by atoms with Gasteiger partial charge in [0.25, 0.3) is 5.91 Å². The van der Waals surface area contributed by atoms with Gasteiger partial charge in [-0.2, -0.15) is 0 Å². The van der Waals surface area contributed by atoms with Crippen LogP contribution in [0, 0.1) is 0 Å². The Balaban J connectivity index is 2.33.